The van der Waals surface area contributed by atoms with Crippen LogP contribution in [-0.2, 0) is 10.0 Å². The van der Waals surface area contributed by atoms with Crippen molar-refractivity contribution in [2.75, 3.05) is 24.1 Å². The number of amides is 1. The van der Waals surface area contributed by atoms with E-state index in [9.17, 15) is 13.2 Å². The topological polar surface area (TPSA) is 84.5 Å². The van der Waals surface area contributed by atoms with E-state index in [1.165, 1.54) is 6.07 Å². The number of nitrogens with one attached hydrogen (secondary N) is 2. The zero-order valence-corrected chi connectivity index (χ0v) is 15.4. The molecule has 2 aromatic carbocycles. The number of anilines is 1. The maximum Gasteiger partial charge on any atom is 0.251 e. The third-order valence-electron chi connectivity index (χ3n) is 3.23. The molecule has 2 N–H and O–H groups in total. The van der Waals surface area contributed by atoms with Gasteiger partial charge in [-0.15, -0.1) is 0 Å². The summed E-state index contributed by atoms with van der Waals surface area (Å²) in [4.78, 5) is 12.1. The van der Waals surface area contributed by atoms with Crippen molar-refractivity contribution in [2.24, 2.45) is 0 Å². The van der Waals surface area contributed by atoms with Crippen LogP contribution in [0.3, 0.4) is 0 Å². The van der Waals surface area contributed by atoms with Gasteiger partial charge in [0.05, 0.1) is 12.8 Å². The van der Waals surface area contributed by atoms with Crippen molar-refractivity contribution in [2.45, 2.75) is 6.92 Å². The summed E-state index contributed by atoms with van der Waals surface area (Å²) >= 11 is 6.02. The number of benzene rings is 2. The van der Waals surface area contributed by atoms with E-state index in [2.05, 4.69) is 10.0 Å². The molecule has 25 heavy (non-hydrogen) atoms. The van der Waals surface area contributed by atoms with E-state index < -0.39 is 10.0 Å². The quantitative estimate of drug-likeness (QED) is 0.721. The highest BCUT2D eigenvalue weighted by Gasteiger charge is 2.08. The van der Waals surface area contributed by atoms with Gasteiger partial charge in [0.15, 0.2) is 0 Å². The van der Waals surface area contributed by atoms with Gasteiger partial charge in [-0.05, 0) is 42.8 Å². The molecule has 0 radical (unpaired) electrons. The zero-order chi connectivity index (χ0) is 18.4. The molecule has 0 atom stereocenters. The lowest BCUT2D eigenvalue weighted by Gasteiger charge is -2.10. The molecule has 0 bridgehead atoms. The predicted octanol–water partition coefficient (Wildman–Crippen LogP) is 2.83. The molecule has 0 aliphatic heterocycles. The highest BCUT2D eigenvalue weighted by Crippen LogP contribution is 2.21. The van der Waals surface area contributed by atoms with Gasteiger partial charge >= 0.3 is 0 Å². The van der Waals surface area contributed by atoms with Crippen LogP contribution in [0.25, 0.3) is 0 Å². The van der Waals surface area contributed by atoms with Crippen LogP contribution in [0.15, 0.2) is 42.5 Å². The van der Waals surface area contributed by atoms with E-state index in [-0.39, 0.29) is 12.5 Å². The van der Waals surface area contributed by atoms with Gasteiger partial charge in [-0.25, -0.2) is 8.42 Å². The molecule has 0 heterocycles. The molecule has 0 aliphatic carbocycles. The summed E-state index contributed by atoms with van der Waals surface area (Å²) in [7, 11) is -3.39. The molecule has 0 unspecified atom stereocenters. The van der Waals surface area contributed by atoms with Crippen molar-refractivity contribution in [1.29, 1.82) is 0 Å². The Balaban J connectivity index is 1.86. The largest absolute Gasteiger partial charge is 0.492 e. The third kappa shape index (κ3) is 6.28. The van der Waals surface area contributed by atoms with Crippen LogP contribution in [0.2, 0.25) is 5.02 Å². The summed E-state index contributed by atoms with van der Waals surface area (Å²) in [5, 5.41) is 3.33. The molecule has 8 heteroatoms. The number of carbonyl (C=O) groups is 1. The van der Waals surface area contributed by atoms with E-state index >= 15 is 0 Å². The summed E-state index contributed by atoms with van der Waals surface area (Å²) in [6.45, 7) is 2.49. The third-order valence-corrected chi connectivity index (χ3v) is 4.24. The Hall–Kier alpha value is -2.25. The number of hydrogen-bond acceptors (Lipinski definition) is 4. The van der Waals surface area contributed by atoms with Crippen molar-refractivity contribution in [3.8, 4) is 5.75 Å². The van der Waals surface area contributed by atoms with Crippen LogP contribution in [-0.4, -0.2) is 33.7 Å². The average molecular weight is 383 g/mol. The first-order valence-corrected chi connectivity index (χ1v) is 9.76. The van der Waals surface area contributed by atoms with Gasteiger partial charge in [0.2, 0.25) is 10.0 Å². The van der Waals surface area contributed by atoms with Crippen molar-refractivity contribution in [3.63, 3.8) is 0 Å². The van der Waals surface area contributed by atoms with Gasteiger partial charge in [0, 0.05) is 16.3 Å². The van der Waals surface area contributed by atoms with Crippen LogP contribution in [0, 0.1) is 6.92 Å². The summed E-state index contributed by atoms with van der Waals surface area (Å²) in [6.07, 6.45) is 1.05. The lowest BCUT2D eigenvalue weighted by atomic mass is 10.2. The first-order chi connectivity index (χ1) is 11.7. The monoisotopic (exact) mass is 382 g/mol. The molecule has 0 aliphatic rings. The molecular formula is C17H19ClN2O4S. The van der Waals surface area contributed by atoms with Crippen LogP contribution < -0.4 is 14.8 Å². The molecule has 2 aromatic rings. The van der Waals surface area contributed by atoms with Gasteiger partial charge < -0.3 is 10.1 Å². The van der Waals surface area contributed by atoms with Gasteiger partial charge in [0.1, 0.15) is 12.4 Å². The minimum absolute atomic E-state index is 0.284. The second kappa shape index (κ2) is 8.22. The fraction of sp³-hybridized carbons (Fsp3) is 0.235. The first-order valence-electron chi connectivity index (χ1n) is 7.49. The predicted molar refractivity (Wildman–Crippen MR) is 98.9 cm³/mol. The number of rotatable bonds is 7. The first kappa shape index (κ1) is 19.1. The number of ether oxygens (including phenoxy) is 1. The number of aryl methyl sites for hydroxylation is 1. The molecular weight excluding hydrogens is 364 g/mol. The molecule has 0 saturated carbocycles. The Labute approximate surface area is 152 Å². The Kier molecular flexibility index (Phi) is 6.27. The van der Waals surface area contributed by atoms with Crippen molar-refractivity contribution < 1.29 is 17.9 Å². The van der Waals surface area contributed by atoms with E-state index in [0.29, 0.717) is 28.6 Å². The number of halogens is 1. The van der Waals surface area contributed by atoms with Crippen molar-refractivity contribution in [1.82, 2.24) is 5.32 Å². The molecule has 0 saturated heterocycles. The molecule has 0 fully saturated rings. The Morgan fingerprint density at radius 3 is 2.64 bits per heavy atom. The van der Waals surface area contributed by atoms with Crippen LogP contribution in [0.4, 0.5) is 5.69 Å². The zero-order valence-electron chi connectivity index (χ0n) is 13.9. The number of carbonyl (C=O) groups excluding carboxylic acids is 1. The number of sulfonamides is 1. The fourth-order valence-electron chi connectivity index (χ4n) is 2.04. The normalized spacial score (nSPS) is 11.0. The Bertz CT molecular complexity index is 869. The molecule has 0 aromatic heterocycles. The van der Waals surface area contributed by atoms with Crippen LogP contribution in [0.5, 0.6) is 5.75 Å². The van der Waals surface area contributed by atoms with E-state index in [1.54, 1.807) is 24.3 Å². The molecule has 6 nitrogen and oxygen atoms in total. The van der Waals surface area contributed by atoms with E-state index in [1.807, 2.05) is 19.1 Å². The van der Waals surface area contributed by atoms with Crippen LogP contribution >= 0.6 is 11.6 Å². The lowest BCUT2D eigenvalue weighted by Crippen LogP contribution is -2.28. The summed E-state index contributed by atoms with van der Waals surface area (Å²) in [6, 6.07) is 11.6. The summed E-state index contributed by atoms with van der Waals surface area (Å²) in [5.74, 6) is 0.312. The second-order valence-electron chi connectivity index (χ2n) is 5.47. The smallest absolute Gasteiger partial charge is 0.251 e. The molecule has 1 amide bonds. The second-order valence-corrected chi connectivity index (χ2v) is 7.63. The van der Waals surface area contributed by atoms with Gasteiger partial charge in [-0.2, -0.15) is 0 Å². The van der Waals surface area contributed by atoms with Gasteiger partial charge in [0.25, 0.3) is 5.91 Å². The molecule has 0 spiro atoms. The summed E-state index contributed by atoms with van der Waals surface area (Å²) in [5.41, 5.74) is 1.65. The van der Waals surface area contributed by atoms with Gasteiger partial charge in [-0.1, -0.05) is 23.7 Å². The number of hydrogen-bond donors (Lipinski definition) is 2. The fourth-order valence-corrected chi connectivity index (χ4v) is 2.76. The van der Waals surface area contributed by atoms with Crippen LogP contribution in [0.1, 0.15) is 15.9 Å². The van der Waals surface area contributed by atoms with E-state index in [4.69, 9.17) is 16.3 Å². The minimum atomic E-state index is -3.39. The lowest BCUT2D eigenvalue weighted by molar-refractivity contribution is 0.0947. The van der Waals surface area contributed by atoms with E-state index in [0.717, 1.165) is 11.8 Å². The highest BCUT2D eigenvalue weighted by molar-refractivity contribution is 7.92. The Morgan fingerprint density at radius 2 is 1.96 bits per heavy atom. The van der Waals surface area contributed by atoms with Crippen molar-refractivity contribution >= 4 is 33.2 Å². The summed E-state index contributed by atoms with van der Waals surface area (Å²) < 4.78 is 30.3. The van der Waals surface area contributed by atoms with Crippen molar-refractivity contribution in [3.05, 3.63) is 58.6 Å². The maximum atomic E-state index is 12.1. The SMILES string of the molecule is Cc1ccc(OCCNC(=O)c2cccc(NS(C)(=O)=O)c2)cc1Cl. The average Bonchev–Trinajstić information content (AvgIpc) is 2.53. The molecule has 2 rings (SSSR count). The Morgan fingerprint density at radius 1 is 1.20 bits per heavy atom. The standard InChI is InChI=1S/C17H19ClN2O4S/c1-12-6-7-15(11-16(12)18)24-9-8-19-17(21)13-4-3-5-14(10-13)20-25(2,22)23/h3-7,10-11,20H,8-9H2,1-2H3,(H,19,21). The molecule has 134 valence electrons. The minimum Gasteiger partial charge on any atom is -0.492 e. The van der Waals surface area contributed by atoms with Gasteiger partial charge in [-0.3, -0.25) is 9.52 Å². The maximum absolute atomic E-state index is 12.1. The highest BCUT2D eigenvalue weighted by atomic mass is 35.5.